The summed E-state index contributed by atoms with van der Waals surface area (Å²) in [5, 5.41) is 0.786. The Morgan fingerprint density at radius 1 is 0.966 bits per heavy atom. The van der Waals surface area contributed by atoms with E-state index in [4.69, 9.17) is 9.47 Å². The number of Topliss-reactive ketones (excluding diaryl/α,β-unsaturated/α-hetero) is 1. The van der Waals surface area contributed by atoms with Gasteiger partial charge in [0.05, 0.1) is 12.2 Å². The first-order valence-corrected chi connectivity index (χ1v) is 9.45. The monoisotopic (exact) mass is 396 g/mol. The fourth-order valence-electron chi connectivity index (χ4n) is 3.53. The Morgan fingerprint density at radius 3 is 2.31 bits per heavy atom. The van der Waals surface area contributed by atoms with Crippen molar-refractivity contribution >= 4 is 28.6 Å². The number of esters is 2. The maximum Gasteiger partial charge on any atom is 0.355 e. The quantitative estimate of drug-likeness (QED) is 0.484. The number of aromatic nitrogens is 2. The number of carbonyl (C=O) groups excluding carboxylic acids is 3. The molecule has 7 heteroatoms. The number of aromatic amines is 2. The summed E-state index contributed by atoms with van der Waals surface area (Å²) in [6, 6.07) is 7.47. The Balaban J connectivity index is 1.84. The van der Waals surface area contributed by atoms with Crippen molar-refractivity contribution in [3.8, 4) is 0 Å². The van der Waals surface area contributed by atoms with E-state index >= 15 is 0 Å². The molecule has 7 nitrogen and oxygen atoms in total. The van der Waals surface area contributed by atoms with Gasteiger partial charge in [0.15, 0.2) is 6.10 Å². The molecule has 0 fully saturated rings. The van der Waals surface area contributed by atoms with Crippen LogP contribution >= 0.6 is 0 Å². The Labute approximate surface area is 168 Å². The van der Waals surface area contributed by atoms with E-state index in [1.165, 1.54) is 0 Å². The molecule has 1 aromatic carbocycles. The number of aryl methyl sites for hydroxylation is 2. The van der Waals surface area contributed by atoms with E-state index in [-0.39, 0.29) is 18.1 Å². The molecule has 2 aromatic heterocycles. The molecule has 29 heavy (non-hydrogen) atoms. The van der Waals surface area contributed by atoms with Crippen molar-refractivity contribution in [2.24, 2.45) is 0 Å². The highest BCUT2D eigenvalue weighted by atomic mass is 16.5. The molecule has 152 valence electrons. The summed E-state index contributed by atoms with van der Waals surface area (Å²) in [6.07, 6.45) is -0.991. The molecule has 1 atom stereocenters. The molecule has 0 saturated carbocycles. The van der Waals surface area contributed by atoms with Gasteiger partial charge in [-0.1, -0.05) is 18.2 Å². The van der Waals surface area contributed by atoms with Crippen LogP contribution in [0.3, 0.4) is 0 Å². The molecule has 3 aromatic rings. The van der Waals surface area contributed by atoms with E-state index in [9.17, 15) is 14.4 Å². The van der Waals surface area contributed by atoms with Crippen LogP contribution in [0.1, 0.15) is 62.0 Å². The second kappa shape index (κ2) is 7.95. The predicted octanol–water partition coefficient (Wildman–Crippen LogP) is 4.03. The van der Waals surface area contributed by atoms with Crippen molar-refractivity contribution in [2.45, 2.75) is 40.7 Å². The van der Waals surface area contributed by atoms with Crippen molar-refractivity contribution in [3.05, 3.63) is 58.0 Å². The summed E-state index contributed by atoms with van der Waals surface area (Å²) in [5.41, 5.74) is 3.48. The lowest BCUT2D eigenvalue weighted by atomic mass is 10.0. The Kier molecular flexibility index (Phi) is 5.59. The number of ether oxygens (including phenoxy) is 2. The van der Waals surface area contributed by atoms with Gasteiger partial charge in [0.1, 0.15) is 5.69 Å². The molecule has 0 aliphatic rings. The van der Waals surface area contributed by atoms with Crippen molar-refractivity contribution in [3.63, 3.8) is 0 Å². The van der Waals surface area contributed by atoms with Gasteiger partial charge >= 0.3 is 11.9 Å². The minimum atomic E-state index is -0.991. The van der Waals surface area contributed by atoms with Crippen LogP contribution in [-0.2, 0) is 9.47 Å². The number of H-pyrrole nitrogens is 2. The maximum atomic E-state index is 13.0. The lowest BCUT2D eigenvalue weighted by Gasteiger charge is -2.12. The second-order valence-electron chi connectivity index (χ2n) is 6.93. The van der Waals surface area contributed by atoms with Gasteiger partial charge < -0.3 is 19.4 Å². The maximum absolute atomic E-state index is 13.0. The van der Waals surface area contributed by atoms with E-state index < -0.39 is 18.0 Å². The van der Waals surface area contributed by atoms with E-state index in [2.05, 4.69) is 9.97 Å². The van der Waals surface area contributed by atoms with Crippen LogP contribution in [0.25, 0.3) is 10.9 Å². The first-order valence-electron chi connectivity index (χ1n) is 9.45. The standard InChI is InChI=1S/C22H24N2O5/c1-6-28-21(26)17-11(2)19(24-12(17)3)22(27)29-14(5)20(25)18-13(4)23-16-10-8-7-9-15(16)18/h7-10,14,23-24H,6H2,1-5H3/t14-/m1/s1. The molecule has 2 heterocycles. The SMILES string of the molecule is CCOC(=O)c1c(C)[nH]c(C(=O)O[C@H](C)C(=O)c2c(C)[nH]c3ccccc23)c1C. The fraction of sp³-hybridized carbons (Fsp3) is 0.318. The van der Waals surface area contributed by atoms with E-state index in [0.717, 1.165) is 16.6 Å². The minimum Gasteiger partial charge on any atom is -0.462 e. The predicted molar refractivity (Wildman–Crippen MR) is 108 cm³/mol. The Bertz CT molecular complexity index is 1110. The molecule has 0 unspecified atom stereocenters. The zero-order chi connectivity index (χ0) is 21.3. The summed E-state index contributed by atoms with van der Waals surface area (Å²) < 4.78 is 10.5. The molecule has 0 aliphatic heterocycles. The number of carbonyl (C=O) groups is 3. The average Bonchev–Trinajstić information content (AvgIpc) is 3.16. The van der Waals surface area contributed by atoms with Crippen LogP contribution in [0.15, 0.2) is 24.3 Å². The molecular weight excluding hydrogens is 372 g/mol. The van der Waals surface area contributed by atoms with Gasteiger partial charge in [0.2, 0.25) is 5.78 Å². The zero-order valence-corrected chi connectivity index (χ0v) is 17.1. The van der Waals surface area contributed by atoms with Crippen molar-refractivity contribution in [1.29, 1.82) is 0 Å². The van der Waals surface area contributed by atoms with Gasteiger partial charge in [-0.25, -0.2) is 9.59 Å². The van der Waals surface area contributed by atoms with Crippen molar-refractivity contribution in [1.82, 2.24) is 9.97 Å². The molecule has 0 aliphatic carbocycles. The first-order chi connectivity index (χ1) is 13.8. The van der Waals surface area contributed by atoms with E-state index in [1.54, 1.807) is 27.7 Å². The number of hydrogen-bond donors (Lipinski definition) is 2. The third kappa shape index (κ3) is 3.68. The number of hydrogen-bond acceptors (Lipinski definition) is 5. The van der Waals surface area contributed by atoms with Crippen LogP contribution in [0, 0.1) is 20.8 Å². The lowest BCUT2D eigenvalue weighted by Crippen LogP contribution is -2.25. The molecule has 0 saturated heterocycles. The highest BCUT2D eigenvalue weighted by Crippen LogP contribution is 2.25. The number of rotatable bonds is 6. The normalized spacial score (nSPS) is 12.0. The Hall–Kier alpha value is -3.35. The number of ketones is 1. The summed E-state index contributed by atoms with van der Waals surface area (Å²) in [7, 11) is 0. The summed E-state index contributed by atoms with van der Waals surface area (Å²) in [6.45, 7) is 8.62. The molecule has 0 bridgehead atoms. The van der Waals surface area contributed by atoms with E-state index in [0.29, 0.717) is 22.4 Å². The highest BCUT2D eigenvalue weighted by molar-refractivity contribution is 6.11. The number of fused-ring (bicyclic) bond motifs is 1. The third-order valence-corrected chi connectivity index (χ3v) is 4.91. The van der Waals surface area contributed by atoms with Gasteiger partial charge in [-0.15, -0.1) is 0 Å². The van der Waals surface area contributed by atoms with Crippen molar-refractivity contribution < 1.29 is 23.9 Å². The van der Waals surface area contributed by atoms with Gasteiger partial charge in [0.25, 0.3) is 0 Å². The van der Waals surface area contributed by atoms with Crippen LogP contribution in [0.2, 0.25) is 0 Å². The van der Waals surface area contributed by atoms with Gasteiger partial charge in [-0.2, -0.15) is 0 Å². The van der Waals surface area contributed by atoms with Crippen molar-refractivity contribution in [2.75, 3.05) is 6.61 Å². The third-order valence-electron chi connectivity index (χ3n) is 4.91. The van der Waals surface area contributed by atoms with Gasteiger partial charge in [-0.3, -0.25) is 4.79 Å². The summed E-state index contributed by atoms with van der Waals surface area (Å²) in [5.74, 6) is -1.49. The smallest absolute Gasteiger partial charge is 0.355 e. The van der Waals surface area contributed by atoms with Crippen LogP contribution in [0.4, 0.5) is 0 Å². The largest absolute Gasteiger partial charge is 0.462 e. The molecule has 0 spiro atoms. The average molecular weight is 396 g/mol. The molecule has 0 amide bonds. The number of nitrogens with one attached hydrogen (secondary N) is 2. The van der Waals surface area contributed by atoms with E-state index in [1.807, 2.05) is 31.2 Å². The zero-order valence-electron chi connectivity index (χ0n) is 17.1. The molecule has 3 rings (SSSR count). The summed E-state index contributed by atoms with van der Waals surface area (Å²) >= 11 is 0. The topological polar surface area (TPSA) is 101 Å². The molecule has 0 radical (unpaired) electrons. The molecular formula is C22H24N2O5. The van der Waals surface area contributed by atoms with Crippen LogP contribution in [0.5, 0.6) is 0 Å². The summed E-state index contributed by atoms with van der Waals surface area (Å²) in [4.78, 5) is 43.8. The number of para-hydroxylation sites is 1. The van der Waals surface area contributed by atoms with Crippen LogP contribution < -0.4 is 0 Å². The lowest BCUT2D eigenvalue weighted by molar-refractivity contribution is 0.0313. The van der Waals surface area contributed by atoms with Crippen LogP contribution in [-0.4, -0.2) is 40.4 Å². The Morgan fingerprint density at radius 2 is 1.62 bits per heavy atom. The van der Waals surface area contributed by atoms with Gasteiger partial charge in [0, 0.05) is 27.9 Å². The van der Waals surface area contributed by atoms with Gasteiger partial charge in [-0.05, 0) is 46.2 Å². The highest BCUT2D eigenvalue weighted by Gasteiger charge is 2.28. The first kappa shape index (κ1) is 20.4. The molecule has 2 N–H and O–H groups in total. The minimum absolute atomic E-state index is 0.140. The second-order valence-corrected chi connectivity index (χ2v) is 6.93. The fourth-order valence-corrected chi connectivity index (χ4v) is 3.53. The number of benzene rings is 1.